The van der Waals surface area contributed by atoms with E-state index in [4.69, 9.17) is 0 Å². The van der Waals surface area contributed by atoms with E-state index in [-0.39, 0.29) is 22.6 Å². The van der Waals surface area contributed by atoms with Crippen LogP contribution in [0.2, 0.25) is 0 Å². The van der Waals surface area contributed by atoms with Crippen LogP contribution in [0.25, 0.3) is 0 Å². The zero-order chi connectivity index (χ0) is 16.3. The average molecular weight is 323 g/mol. The molecule has 4 nitrogen and oxygen atoms in total. The van der Waals surface area contributed by atoms with Gasteiger partial charge in [0.15, 0.2) is 9.84 Å². The van der Waals surface area contributed by atoms with Crippen LogP contribution in [0.1, 0.15) is 49.9 Å². The number of sulfone groups is 1. The van der Waals surface area contributed by atoms with Crippen molar-refractivity contribution in [3.05, 3.63) is 29.8 Å². The van der Waals surface area contributed by atoms with Gasteiger partial charge in [-0.1, -0.05) is 26.0 Å². The molecule has 0 radical (unpaired) electrons. The largest absolute Gasteiger partial charge is 0.339 e. The third kappa shape index (κ3) is 3.51. The summed E-state index contributed by atoms with van der Waals surface area (Å²) < 4.78 is 24.4. The van der Waals surface area contributed by atoms with Gasteiger partial charge in [-0.3, -0.25) is 4.79 Å². The number of carbonyl (C=O) groups is 1. The number of amides is 1. The van der Waals surface area contributed by atoms with Crippen molar-refractivity contribution < 1.29 is 13.2 Å². The Bertz CT molecular complexity index is 631. The Kier molecular flexibility index (Phi) is 5.27. The fourth-order valence-corrected chi connectivity index (χ4v) is 4.14. The Labute approximate surface area is 133 Å². The first-order valence-electron chi connectivity index (χ1n) is 7.95. The Hall–Kier alpha value is -1.36. The van der Waals surface area contributed by atoms with E-state index in [9.17, 15) is 13.2 Å². The highest BCUT2D eigenvalue weighted by Crippen LogP contribution is 2.28. The maximum Gasteiger partial charge on any atom is 0.255 e. The lowest BCUT2D eigenvalue weighted by molar-refractivity contribution is 0.0675. The zero-order valence-corrected chi connectivity index (χ0v) is 14.4. The van der Waals surface area contributed by atoms with Crippen LogP contribution in [0.5, 0.6) is 0 Å². The standard InChI is InChI=1S/C17H25NO3S/c1-4-22(20,21)16-8-6-5-7-15(16)17(19)18(3)14-11-9-13(2)10-12-14/h5-8,13-14H,4,9-12H2,1-3H3. The molecule has 0 spiro atoms. The van der Waals surface area contributed by atoms with Gasteiger partial charge in [0, 0.05) is 13.1 Å². The smallest absolute Gasteiger partial charge is 0.255 e. The monoisotopic (exact) mass is 323 g/mol. The summed E-state index contributed by atoms with van der Waals surface area (Å²) in [4.78, 5) is 14.7. The minimum atomic E-state index is -3.39. The fourth-order valence-electron chi connectivity index (χ4n) is 3.06. The van der Waals surface area contributed by atoms with Crippen LogP contribution in [0.15, 0.2) is 29.2 Å². The number of rotatable bonds is 4. The molecule has 0 aromatic heterocycles. The van der Waals surface area contributed by atoms with Gasteiger partial charge < -0.3 is 4.90 Å². The van der Waals surface area contributed by atoms with Gasteiger partial charge in [0.2, 0.25) is 0 Å². The summed E-state index contributed by atoms with van der Waals surface area (Å²) in [6.07, 6.45) is 4.23. The van der Waals surface area contributed by atoms with Crippen molar-refractivity contribution in [2.75, 3.05) is 12.8 Å². The highest BCUT2D eigenvalue weighted by atomic mass is 32.2. The highest BCUT2D eigenvalue weighted by molar-refractivity contribution is 7.91. The van der Waals surface area contributed by atoms with Crippen LogP contribution < -0.4 is 0 Å². The van der Waals surface area contributed by atoms with Gasteiger partial charge in [0.05, 0.1) is 16.2 Å². The molecule has 1 aromatic rings. The molecule has 0 unspecified atom stereocenters. The first-order chi connectivity index (χ1) is 10.4. The second kappa shape index (κ2) is 6.82. The van der Waals surface area contributed by atoms with Gasteiger partial charge in [-0.2, -0.15) is 0 Å². The number of carbonyl (C=O) groups excluding carboxylic acids is 1. The van der Waals surface area contributed by atoms with Crippen LogP contribution in [-0.4, -0.2) is 38.1 Å². The lowest BCUT2D eigenvalue weighted by Crippen LogP contribution is -2.39. The van der Waals surface area contributed by atoms with Crippen molar-refractivity contribution in [2.45, 2.75) is 50.5 Å². The van der Waals surface area contributed by atoms with Gasteiger partial charge in [0.1, 0.15) is 0 Å². The number of hydrogen-bond donors (Lipinski definition) is 0. The lowest BCUT2D eigenvalue weighted by atomic mass is 9.86. The van der Waals surface area contributed by atoms with E-state index in [0.29, 0.717) is 11.5 Å². The third-order valence-corrected chi connectivity index (χ3v) is 6.47. The normalized spacial score (nSPS) is 22.3. The Morgan fingerprint density at radius 3 is 2.36 bits per heavy atom. The second-order valence-electron chi connectivity index (χ2n) is 6.23. The SMILES string of the molecule is CCS(=O)(=O)c1ccccc1C(=O)N(C)C1CCC(C)CC1. The van der Waals surface area contributed by atoms with E-state index >= 15 is 0 Å². The molecule has 0 saturated heterocycles. The maximum absolute atomic E-state index is 12.8. The van der Waals surface area contributed by atoms with E-state index in [0.717, 1.165) is 25.7 Å². The average Bonchev–Trinajstić information content (AvgIpc) is 2.54. The minimum absolute atomic E-state index is 0.00194. The van der Waals surface area contributed by atoms with Crippen LogP contribution in [0.4, 0.5) is 0 Å². The van der Waals surface area contributed by atoms with Crippen molar-refractivity contribution in [1.82, 2.24) is 4.90 Å². The summed E-state index contributed by atoms with van der Waals surface area (Å²) in [5, 5.41) is 0. The zero-order valence-electron chi connectivity index (χ0n) is 13.6. The second-order valence-corrected chi connectivity index (χ2v) is 8.48. The van der Waals surface area contributed by atoms with E-state index in [2.05, 4.69) is 6.92 Å². The highest BCUT2D eigenvalue weighted by Gasteiger charge is 2.28. The fraction of sp³-hybridized carbons (Fsp3) is 0.588. The van der Waals surface area contributed by atoms with Crippen LogP contribution in [-0.2, 0) is 9.84 Å². The van der Waals surface area contributed by atoms with Gasteiger partial charge in [-0.05, 0) is 43.7 Å². The van der Waals surface area contributed by atoms with Crippen LogP contribution in [0.3, 0.4) is 0 Å². The number of nitrogens with zero attached hydrogens (tertiary/aromatic N) is 1. The first-order valence-corrected chi connectivity index (χ1v) is 9.61. The Morgan fingerprint density at radius 1 is 1.18 bits per heavy atom. The summed E-state index contributed by atoms with van der Waals surface area (Å²) >= 11 is 0. The molecule has 1 amide bonds. The molecule has 0 atom stereocenters. The van der Waals surface area contributed by atoms with Crippen molar-refractivity contribution in [1.29, 1.82) is 0 Å². The predicted octanol–water partition coefficient (Wildman–Crippen LogP) is 3.13. The molecular formula is C17H25NO3S. The maximum atomic E-state index is 12.8. The van der Waals surface area contributed by atoms with E-state index in [1.165, 1.54) is 6.07 Å². The van der Waals surface area contributed by atoms with Gasteiger partial charge in [-0.25, -0.2) is 8.42 Å². The van der Waals surface area contributed by atoms with E-state index in [1.54, 1.807) is 37.1 Å². The summed E-state index contributed by atoms with van der Waals surface area (Å²) in [5.41, 5.74) is 0.297. The molecule has 0 aliphatic heterocycles. The van der Waals surface area contributed by atoms with E-state index < -0.39 is 9.84 Å². The summed E-state index contributed by atoms with van der Waals surface area (Å²) in [7, 11) is -1.60. The van der Waals surface area contributed by atoms with Crippen molar-refractivity contribution in [2.24, 2.45) is 5.92 Å². The molecule has 1 saturated carbocycles. The predicted molar refractivity (Wildman–Crippen MR) is 87.7 cm³/mol. The Balaban J connectivity index is 2.26. The lowest BCUT2D eigenvalue weighted by Gasteiger charge is -2.34. The van der Waals surface area contributed by atoms with E-state index in [1.807, 2.05) is 0 Å². The molecule has 1 fully saturated rings. The molecule has 5 heteroatoms. The molecule has 122 valence electrons. The van der Waals surface area contributed by atoms with Crippen molar-refractivity contribution >= 4 is 15.7 Å². The molecule has 22 heavy (non-hydrogen) atoms. The van der Waals surface area contributed by atoms with Crippen molar-refractivity contribution in [3.63, 3.8) is 0 Å². The number of benzene rings is 1. The molecule has 1 aliphatic rings. The molecule has 1 aromatic carbocycles. The van der Waals surface area contributed by atoms with Gasteiger partial charge in [0.25, 0.3) is 5.91 Å². The van der Waals surface area contributed by atoms with Crippen LogP contribution >= 0.6 is 0 Å². The molecule has 2 rings (SSSR count). The van der Waals surface area contributed by atoms with Crippen LogP contribution in [0, 0.1) is 5.92 Å². The minimum Gasteiger partial charge on any atom is -0.339 e. The molecule has 0 bridgehead atoms. The topological polar surface area (TPSA) is 54.5 Å². The first kappa shape index (κ1) is 17.0. The van der Waals surface area contributed by atoms with Gasteiger partial charge >= 0.3 is 0 Å². The molecule has 1 aliphatic carbocycles. The molecule has 0 N–H and O–H groups in total. The third-order valence-electron chi connectivity index (χ3n) is 4.69. The summed E-state index contributed by atoms with van der Waals surface area (Å²) in [6.45, 7) is 3.84. The number of hydrogen-bond acceptors (Lipinski definition) is 3. The molecular weight excluding hydrogens is 298 g/mol. The quantitative estimate of drug-likeness (QED) is 0.855. The summed E-state index contributed by atoms with van der Waals surface area (Å²) in [5.74, 6) is 0.529. The van der Waals surface area contributed by atoms with Crippen molar-refractivity contribution in [3.8, 4) is 0 Å². The summed E-state index contributed by atoms with van der Waals surface area (Å²) in [6, 6.07) is 6.75. The molecule has 0 heterocycles. The van der Waals surface area contributed by atoms with Gasteiger partial charge in [-0.15, -0.1) is 0 Å². The Morgan fingerprint density at radius 2 is 1.77 bits per heavy atom.